The number of hydrogen-bond acceptors (Lipinski definition) is 5. The Labute approximate surface area is 129 Å². The van der Waals surface area contributed by atoms with Crippen LogP contribution in [0.1, 0.15) is 31.9 Å². The zero-order valence-corrected chi connectivity index (χ0v) is 12.9. The van der Waals surface area contributed by atoms with Crippen molar-refractivity contribution in [3.05, 3.63) is 33.6 Å². The molecule has 1 aliphatic heterocycles. The molecule has 0 bridgehead atoms. The lowest BCUT2D eigenvalue weighted by Crippen LogP contribution is -2.45. The van der Waals surface area contributed by atoms with E-state index in [0.29, 0.717) is 17.9 Å². The van der Waals surface area contributed by atoms with Crippen molar-refractivity contribution in [3.8, 4) is 5.75 Å². The molecular formula is C15H22FN3O3. The molecule has 0 unspecified atom stereocenters. The van der Waals surface area contributed by atoms with Crippen LogP contribution in [0.4, 0.5) is 10.1 Å². The summed E-state index contributed by atoms with van der Waals surface area (Å²) in [5.74, 6) is -0.791. The molecule has 1 heterocycles. The molecule has 1 saturated heterocycles. The van der Waals surface area contributed by atoms with E-state index < -0.39 is 22.2 Å². The van der Waals surface area contributed by atoms with E-state index in [0.717, 1.165) is 32.2 Å². The van der Waals surface area contributed by atoms with Gasteiger partial charge in [0.05, 0.1) is 11.0 Å². The number of nitro groups is 1. The van der Waals surface area contributed by atoms with Gasteiger partial charge in [0.1, 0.15) is 5.82 Å². The first kappa shape index (κ1) is 16.6. The van der Waals surface area contributed by atoms with Gasteiger partial charge in [-0.15, -0.1) is 0 Å². The molecule has 0 aliphatic carbocycles. The quantitative estimate of drug-likeness (QED) is 0.645. The molecule has 1 aliphatic rings. The molecule has 6 nitrogen and oxygen atoms in total. The Hall–Kier alpha value is -1.73. The van der Waals surface area contributed by atoms with Crippen LogP contribution in [-0.4, -0.2) is 41.1 Å². The third-order valence-electron chi connectivity index (χ3n) is 3.93. The van der Waals surface area contributed by atoms with Crippen LogP contribution in [0.5, 0.6) is 5.75 Å². The fraction of sp³-hybridized carbons (Fsp3) is 0.600. The molecule has 122 valence electrons. The van der Waals surface area contributed by atoms with Gasteiger partial charge >= 0.3 is 5.69 Å². The van der Waals surface area contributed by atoms with Crippen LogP contribution in [0.15, 0.2) is 12.1 Å². The Morgan fingerprint density at radius 3 is 2.59 bits per heavy atom. The van der Waals surface area contributed by atoms with E-state index in [9.17, 15) is 19.6 Å². The highest BCUT2D eigenvalue weighted by Gasteiger charge is 2.29. The molecule has 1 aromatic carbocycles. The Morgan fingerprint density at radius 2 is 2.05 bits per heavy atom. The van der Waals surface area contributed by atoms with Crippen LogP contribution < -0.4 is 5.32 Å². The maximum Gasteiger partial charge on any atom is 0.313 e. The Kier molecular flexibility index (Phi) is 5.31. The van der Waals surface area contributed by atoms with Gasteiger partial charge in [-0.2, -0.15) is 0 Å². The minimum atomic E-state index is -0.744. The predicted molar refractivity (Wildman–Crippen MR) is 81.4 cm³/mol. The Balaban J connectivity index is 2.43. The van der Waals surface area contributed by atoms with Gasteiger partial charge in [0, 0.05) is 37.8 Å². The van der Waals surface area contributed by atoms with Crippen LogP contribution in [0.25, 0.3) is 0 Å². The van der Waals surface area contributed by atoms with Crippen molar-refractivity contribution in [2.75, 3.05) is 26.2 Å². The monoisotopic (exact) mass is 311 g/mol. The number of nitrogens with zero attached hydrogens (tertiary/aromatic N) is 2. The van der Waals surface area contributed by atoms with Crippen LogP contribution in [-0.2, 0) is 0 Å². The van der Waals surface area contributed by atoms with Crippen molar-refractivity contribution < 1.29 is 14.4 Å². The van der Waals surface area contributed by atoms with E-state index in [2.05, 4.69) is 10.2 Å². The van der Waals surface area contributed by atoms with E-state index in [-0.39, 0.29) is 6.04 Å². The van der Waals surface area contributed by atoms with Crippen LogP contribution >= 0.6 is 0 Å². The molecule has 0 radical (unpaired) electrons. The number of benzene rings is 1. The first-order valence-electron chi connectivity index (χ1n) is 7.51. The summed E-state index contributed by atoms with van der Waals surface area (Å²) in [6.07, 6.45) is 0.703. The van der Waals surface area contributed by atoms with Gasteiger partial charge in [0.15, 0.2) is 5.75 Å². The molecular weight excluding hydrogens is 289 g/mol. The molecule has 0 amide bonds. The normalized spacial score (nSPS) is 17.6. The zero-order chi connectivity index (χ0) is 16.3. The molecule has 0 aromatic heterocycles. The van der Waals surface area contributed by atoms with Crippen molar-refractivity contribution in [1.82, 2.24) is 10.2 Å². The van der Waals surface area contributed by atoms with Gasteiger partial charge in [-0.05, 0) is 18.4 Å². The average Bonchev–Trinajstić information content (AvgIpc) is 2.47. The predicted octanol–water partition coefficient (Wildman–Crippen LogP) is 2.43. The zero-order valence-electron chi connectivity index (χ0n) is 12.9. The molecule has 0 saturated carbocycles. The second-order valence-electron chi connectivity index (χ2n) is 6.05. The maximum absolute atomic E-state index is 13.8. The SMILES string of the molecule is CC(C)C[C@H](c1cc(F)cc([N+](=O)[O-])c1O)N1CCNCC1. The second-order valence-corrected chi connectivity index (χ2v) is 6.05. The molecule has 2 N–H and O–H groups in total. The van der Waals surface area contributed by atoms with E-state index in [1.165, 1.54) is 6.07 Å². The molecule has 22 heavy (non-hydrogen) atoms. The van der Waals surface area contributed by atoms with Crippen LogP contribution in [0, 0.1) is 21.8 Å². The number of nitrogens with one attached hydrogen (secondary N) is 1. The number of phenols is 1. The first-order chi connectivity index (χ1) is 10.4. The van der Waals surface area contributed by atoms with Gasteiger partial charge in [0.25, 0.3) is 0 Å². The van der Waals surface area contributed by atoms with Crippen LogP contribution in [0.3, 0.4) is 0 Å². The van der Waals surface area contributed by atoms with Crippen molar-refractivity contribution >= 4 is 5.69 Å². The lowest BCUT2D eigenvalue weighted by atomic mass is 9.93. The average molecular weight is 311 g/mol. The third kappa shape index (κ3) is 3.72. The maximum atomic E-state index is 13.8. The Morgan fingerprint density at radius 1 is 1.41 bits per heavy atom. The van der Waals surface area contributed by atoms with E-state index in [1.54, 1.807) is 0 Å². The van der Waals surface area contributed by atoms with Crippen molar-refractivity contribution in [2.45, 2.75) is 26.3 Å². The molecule has 1 fully saturated rings. The molecule has 7 heteroatoms. The van der Waals surface area contributed by atoms with E-state index in [1.807, 2.05) is 13.8 Å². The fourth-order valence-electron chi connectivity index (χ4n) is 2.91. The largest absolute Gasteiger partial charge is 0.502 e. The molecule has 1 atom stereocenters. The number of rotatable bonds is 5. The number of aromatic hydroxyl groups is 1. The molecule has 1 aromatic rings. The number of piperazine rings is 1. The highest BCUT2D eigenvalue weighted by Crippen LogP contribution is 2.39. The Bertz CT molecular complexity index is 545. The molecule has 0 spiro atoms. The summed E-state index contributed by atoms with van der Waals surface area (Å²) in [4.78, 5) is 12.4. The third-order valence-corrected chi connectivity index (χ3v) is 3.93. The number of halogens is 1. The van der Waals surface area contributed by atoms with Gasteiger partial charge < -0.3 is 10.4 Å². The summed E-state index contributed by atoms with van der Waals surface area (Å²) >= 11 is 0. The highest BCUT2D eigenvalue weighted by atomic mass is 19.1. The van der Waals surface area contributed by atoms with Crippen molar-refractivity contribution in [2.24, 2.45) is 5.92 Å². The minimum absolute atomic E-state index is 0.225. The van der Waals surface area contributed by atoms with E-state index in [4.69, 9.17) is 0 Å². The van der Waals surface area contributed by atoms with Crippen molar-refractivity contribution in [3.63, 3.8) is 0 Å². The lowest BCUT2D eigenvalue weighted by molar-refractivity contribution is -0.386. The smallest absolute Gasteiger partial charge is 0.313 e. The molecule has 2 rings (SSSR count). The second kappa shape index (κ2) is 7.02. The van der Waals surface area contributed by atoms with Gasteiger partial charge in [0.2, 0.25) is 0 Å². The van der Waals surface area contributed by atoms with E-state index >= 15 is 0 Å². The van der Waals surface area contributed by atoms with Crippen molar-refractivity contribution in [1.29, 1.82) is 0 Å². The lowest BCUT2D eigenvalue weighted by Gasteiger charge is -2.36. The summed E-state index contributed by atoms with van der Waals surface area (Å²) < 4.78 is 13.8. The van der Waals surface area contributed by atoms with Gasteiger partial charge in [-0.25, -0.2) is 4.39 Å². The van der Waals surface area contributed by atoms with Gasteiger partial charge in [-0.3, -0.25) is 15.0 Å². The topological polar surface area (TPSA) is 78.6 Å². The number of nitro benzene ring substituents is 1. The summed E-state index contributed by atoms with van der Waals surface area (Å²) in [5.41, 5.74) is -0.263. The van der Waals surface area contributed by atoms with Gasteiger partial charge in [-0.1, -0.05) is 13.8 Å². The minimum Gasteiger partial charge on any atom is -0.502 e. The standard InChI is InChI=1S/C15H22FN3O3/c1-10(2)7-13(18-5-3-17-4-6-18)12-8-11(16)9-14(15(12)20)19(21)22/h8-10,13,17,20H,3-7H2,1-2H3/t13-/m1/s1. The summed E-state index contributed by atoms with van der Waals surface area (Å²) in [5, 5.41) is 24.5. The summed E-state index contributed by atoms with van der Waals surface area (Å²) in [6.45, 7) is 7.24. The number of phenolic OH excluding ortho intramolecular Hbond substituents is 1. The summed E-state index contributed by atoms with van der Waals surface area (Å²) in [6, 6.07) is 1.76. The number of hydrogen-bond donors (Lipinski definition) is 2. The first-order valence-corrected chi connectivity index (χ1v) is 7.51. The highest BCUT2D eigenvalue weighted by molar-refractivity contribution is 5.52. The summed E-state index contributed by atoms with van der Waals surface area (Å²) in [7, 11) is 0. The fourth-order valence-corrected chi connectivity index (χ4v) is 2.91. The van der Waals surface area contributed by atoms with Crippen LogP contribution in [0.2, 0.25) is 0 Å².